The first-order chi connectivity index (χ1) is 5.34. The van der Waals surface area contributed by atoms with Gasteiger partial charge in [-0.05, 0) is 6.92 Å². The van der Waals surface area contributed by atoms with Gasteiger partial charge in [0.05, 0.1) is 0 Å². The van der Waals surface area contributed by atoms with Crippen LogP contribution in [0, 0.1) is 6.92 Å². The van der Waals surface area contributed by atoms with Crippen molar-refractivity contribution in [2.45, 2.75) is 6.42 Å². The Morgan fingerprint density at radius 1 is 1.36 bits per heavy atom. The normalized spacial score (nSPS) is 11.6. The van der Waals surface area contributed by atoms with E-state index in [0.29, 0.717) is 0 Å². The molecule has 0 aliphatic rings. The van der Waals surface area contributed by atoms with E-state index in [-0.39, 0.29) is 0 Å². The lowest BCUT2D eigenvalue weighted by Crippen LogP contribution is -1.97. The summed E-state index contributed by atoms with van der Waals surface area (Å²) in [6.45, 7) is 3.75. The molecule has 0 aliphatic carbocycles. The molecule has 1 radical (unpaired) electrons. The molecule has 0 amide bonds. The van der Waals surface area contributed by atoms with E-state index in [1.54, 1.807) is 0 Å². The van der Waals surface area contributed by atoms with Crippen molar-refractivity contribution in [1.82, 2.24) is 0 Å². The van der Waals surface area contributed by atoms with Crippen molar-refractivity contribution in [3.63, 3.8) is 0 Å². The van der Waals surface area contributed by atoms with E-state index in [0.717, 1.165) is 6.42 Å². The van der Waals surface area contributed by atoms with E-state index in [1.807, 2.05) is 25.2 Å². The van der Waals surface area contributed by atoms with E-state index in [9.17, 15) is 0 Å². The second-order valence-electron chi connectivity index (χ2n) is 2.42. The van der Waals surface area contributed by atoms with Gasteiger partial charge in [-0.15, -0.1) is 0 Å². The van der Waals surface area contributed by atoms with Crippen LogP contribution in [-0.4, -0.2) is 17.8 Å². The van der Waals surface area contributed by atoms with Crippen LogP contribution in [0.25, 0.3) is 0 Å². The summed E-state index contributed by atoms with van der Waals surface area (Å²) in [5.74, 6) is 0. The first kappa shape index (κ1) is 7.99. The number of hydrogen-bond acceptors (Lipinski definition) is 0. The lowest BCUT2D eigenvalue weighted by atomic mass is 10.3. The average molecular weight is 147 g/mol. The van der Waals surface area contributed by atoms with Crippen LogP contribution in [0.4, 0.5) is 5.69 Å². The largest absolute Gasteiger partial charge is 0.205 e. The van der Waals surface area contributed by atoms with Crippen LogP contribution in [0.1, 0.15) is 6.42 Å². The maximum atomic E-state index is 3.75. The molecule has 57 valence electrons. The second-order valence-corrected chi connectivity index (χ2v) is 2.42. The number of para-hydroxylation sites is 1. The Balaban J connectivity index is 2.85. The molecule has 0 fully saturated rings. The maximum Gasteiger partial charge on any atom is 0.204 e. The van der Waals surface area contributed by atoms with Crippen molar-refractivity contribution in [2.24, 2.45) is 0 Å². The van der Waals surface area contributed by atoms with Gasteiger partial charge in [-0.2, -0.15) is 0 Å². The van der Waals surface area contributed by atoms with Gasteiger partial charge in [0.2, 0.25) is 5.69 Å². The van der Waals surface area contributed by atoms with Crippen molar-refractivity contribution in [3.05, 3.63) is 37.3 Å². The van der Waals surface area contributed by atoms with Gasteiger partial charge in [-0.1, -0.05) is 18.2 Å². The lowest BCUT2D eigenvalue weighted by molar-refractivity contribution is -0.400. The van der Waals surface area contributed by atoms with E-state index >= 15 is 0 Å². The number of nitrogens with zero attached hydrogens (tertiary/aromatic N) is 1. The van der Waals surface area contributed by atoms with E-state index in [2.05, 4.69) is 29.8 Å². The van der Waals surface area contributed by atoms with Crippen molar-refractivity contribution in [1.29, 1.82) is 0 Å². The summed E-state index contributed by atoms with van der Waals surface area (Å²) in [6.07, 6.45) is 2.88. The molecule has 0 aromatic heterocycles. The first-order valence-corrected chi connectivity index (χ1v) is 3.75. The minimum atomic E-state index is 0.825. The average Bonchev–Trinajstić information content (AvgIpc) is 2.07. The SMILES string of the molecule is [CH2]CC=[N+](C)c1ccccc1. The molecule has 1 rings (SSSR count). The van der Waals surface area contributed by atoms with E-state index in [4.69, 9.17) is 0 Å². The molecule has 0 aliphatic heterocycles. The Morgan fingerprint density at radius 3 is 2.55 bits per heavy atom. The summed E-state index contributed by atoms with van der Waals surface area (Å²) in [5.41, 5.74) is 1.20. The zero-order valence-corrected chi connectivity index (χ0v) is 6.83. The molecule has 1 nitrogen and oxygen atoms in total. The predicted molar refractivity (Wildman–Crippen MR) is 48.3 cm³/mol. The molecule has 1 heteroatoms. The lowest BCUT2D eigenvalue weighted by Gasteiger charge is -1.92. The number of benzene rings is 1. The molecule has 0 unspecified atom stereocenters. The van der Waals surface area contributed by atoms with Crippen LogP contribution in [0.3, 0.4) is 0 Å². The Labute approximate surface area is 68.0 Å². The molecule has 0 saturated heterocycles. The summed E-state index contributed by atoms with van der Waals surface area (Å²) in [7, 11) is 2.03. The number of hydrogen-bond donors (Lipinski definition) is 0. The summed E-state index contributed by atoms with van der Waals surface area (Å²) < 4.78 is 2.08. The number of rotatable bonds is 2. The third-order valence-electron chi connectivity index (χ3n) is 1.57. The molecular formula is C10H13N+. The zero-order chi connectivity index (χ0) is 8.10. The maximum absolute atomic E-state index is 3.75. The van der Waals surface area contributed by atoms with Gasteiger partial charge in [-0.3, -0.25) is 0 Å². The van der Waals surface area contributed by atoms with Crippen LogP contribution in [0.15, 0.2) is 30.3 Å². The van der Waals surface area contributed by atoms with Gasteiger partial charge >= 0.3 is 0 Å². The fraction of sp³-hybridized carbons (Fsp3) is 0.200. The van der Waals surface area contributed by atoms with Crippen molar-refractivity contribution in [2.75, 3.05) is 7.05 Å². The summed E-state index contributed by atoms with van der Waals surface area (Å²) in [6, 6.07) is 10.2. The smallest absolute Gasteiger partial charge is 0.204 e. The fourth-order valence-electron chi connectivity index (χ4n) is 0.962. The van der Waals surface area contributed by atoms with Crippen LogP contribution in [-0.2, 0) is 0 Å². The molecule has 0 bridgehead atoms. The molecule has 0 saturated carbocycles. The molecule has 0 atom stereocenters. The molecular weight excluding hydrogens is 134 g/mol. The highest BCUT2D eigenvalue weighted by atomic mass is 15.0. The van der Waals surface area contributed by atoms with Gasteiger partial charge in [0.1, 0.15) is 13.3 Å². The third kappa shape index (κ3) is 2.19. The van der Waals surface area contributed by atoms with Crippen LogP contribution in [0.5, 0.6) is 0 Å². The topological polar surface area (TPSA) is 3.01 Å². The quantitative estimate of drug-likeness (QED) is 0.446. The highest BCUT2D eigenvalue weighted by molar-refractivity contribution is 5.54. The molecule has 0 heterocycles. The Hall–Kier alpha value is -1.11. The summed E-state index contributed by atoms with van der Waals surface area (Å²) >= 11 is 0. The van der Waals surface area contributed by atoms with Crippen LogP contribution < -0.4 is 0 Å². The van der Waals surface area contributed by atoms with Gasteiger partial charge in [-0.25, -0.2) is 4.58 Å². The minimum absolute atomic E-state index is 0.825. The Morgan fingerprint density at radius 2 is 2.00 bits per heavy atom. The fourth-order valence-corrected chi connectivity index (χ4v) is 0.962. The molecule has 11 heavy (non-hydrogen) atoms. The highest BCUT2D eigenvalue weighted by Crippen LogP contribution is 2.06. The van der Waals surface area contributed by atoms with Gasteiger partial charge in [0, 0.05) is 18.6 Å². The first-order valence-electron chi connectivity index (χ1n) is 3.75. The highest BCUT2D eigenvalue weighted by Gasteiger charge is 1.97. The summed E-state index contributed by atoms with van der Waals surface area (Å²) in [4.78, 5) is 0. The van der Waals surface area contributed by atoms with Gasteiger partial charge in [0.15, 0.2) is 0 Å². The zero-order valence-electron chi connectivity index (χ0n) is 6.83. The second kappa shape index (κ2) is 3.91. The van der Waals surface area contributed by atoms with Crippen molar-refractivity contribution < 1.29 is 4.58 Å². The Bertz CT molecular complexity index is 236. The van der Waals surface area contributed by atoms with E-state index < -0.39 is 0 Å². The molecule has 1 aromatic rings. The van der Waals surface area contributed by atoms with Crippen LogP contribution >= 0.6 is 0 Å². The van der Waals surface area contributed by atoms with Gasteiger partial charge < -0.3 is 0 Å². The predicted octanol–water partition coefficient (Wildman–Crippen LogP) is 2.26. The van der Waals surface area contributed by atoms with Crippen molar-refractivity contribution >= 4 is 11.9 Å². The standard InChI is InChI=1S/C10H13N/c1-3-9-11(2)10-7-5-4-6-8-10/h4-9H,1,3H2,2H3/q+1. The third-order valence-corrected chi connectivity index (χ3v) is 1.57. The Kier molecular flexibility index (Phi) is 2.84. The summed E-state index contributed by atoms with van der Waals surface area (Å²) in [5, 5.41) is 0. The minimum Gasteiger partial charge on any atom is -0.205 e. The monoisotopic (exact) mass is 147 g/mol. The van der Waals surface area contributed by atoms with Crippen LogP contribution in [0.2, 0.25) is 0 Å². The van der Waals surface area contributed by atoms with E-state index in [1.165, 1.54) is 5.69 Å². The molecule has 0 spiro atoms. The molecule has 1 aromatic carbocycles. The molecule has 0 N–H and O–H groups in total. The van der Waals surface area contributed by atoms with Crippen molar-refractivity contribution in [3.8, 4) is 0 Å². The van der Waals surface area contributed by atoms with Gasteiger partial charge in [0.25, 0.3) is 0 Å².